The molecule has 9 aromatic rings. The van der Waals surface area contributed by atoms with Gasteiger partial charge in [-0.15, -0.1) is 0 Å². The van der Waals surface area contributed by atoms with Crippen molar-refractivity contribution in [1.82, 2.24) is 0 Å². The molecule has 8 aromatic carbocycles. The van der Waals surface area contributed by atoms with Crippen molar-refractivity contribution in [3.05, 3.63) is 185 Å². The molecular formula is C67H66BN3O. The van der Waals surface area contributed by atoms with E-state index in [1.165, 1.54) is 120 Å². The minimum atomic E-state index is -0.0943. The van der Waals surface area contributed by atoms with E-state index in [0.717, 1.165) is 34.0 Å². The van der Waals surface area contributed by atoms with Gasteiger partial charge in [-0.3, -0.25) is 0 Å². The van der Waals surface area contributed by atoms with E-state index in [0.29, 0.717) is 0 Å². The summed E-state index contributed by atoms with van der Waals surface area (Å²) in [6.07, 6.45) is 4.83. The second-order valence-electron chi connectivity index (χ2n) is 24.3. The topological polar surface area (TPSA) is 22.9 Å². The summed E-state index contributed by atoms with van der Waals surface area (Å²) in [5.74, 6) is 0. The lowest BCUT2D eigenvalue weighted by Gasteiger charge is -2.51. The Hall–Kier alpha value is -6.98. The maximum atomic E-state index is 6.63. The molecule has 13 rings (SSSR count). The van der Waals surface area contributed by atoms with Crippen molar-refractivity contribution in [2.45, 2.75) is 124 Å². The fraction of sp³-hybridized carbons (Fsp3) is 0.284. The van der Waals surface area contributed by atoms with Crippen LogP contribution in [0, 0.1) is 20.8 Å². The molecule has 1 fully saturated rings. The number of aryl methyl sites for hydroxylation is 3. The highest BCUT2D eigenvalue weighted by atomic mass is 16.3. The second-order valence-corrected chi connectivity index (χ2v) is 24.3. The van der Waals surface area contributed by atoms with Crippen LogP contribution < -0.4 is 31.1 Å². The summed E-state index contributed by atoms with van der Waals surface area (Å²) < 4.78 is 6.63. The van der Waals surface area contributed by atoms with Gasteiger partial charge < -0.3 is 19.1 Å². The zero-order valence-corrected chi connectivity index (χ0v) is 44.1. The molecule has 1 aromatic heterocycles. The van der Waals surface area contributed by atoms with Crippen LogP contribution in [0.5, 0.6) is 0 Å². The molecule has 0 amide bonds. The van der Waals surface area contributed by atoms with Crippen LogP contribution in [-0.2, 0) is 16.2 Å². The Balaban J connectivity index is 1.15. The smallest absolute Gasteiger partial charge is 0.252 e. The van der Waals surface area contributed by atoms with Crippen LogP contribution in [-0.4, -0.2) is 12.3 Å². The zero-order chi connectivity index (χ0) is 49.8. The number of hydrogen-bond donors (Lipinski definition) is 0. The molecule has 2 atom stereocenters. The van der Waals surface area contributed by atoms with E-state index >= 15 is 0 Å². The summed E-state index contributed by atoms with van der Waals surface area (Å²) >= 11 is 0. The van der Waals surface area contributed by atoms with Crippen LogP contribution in [0.3, 0.4) is 0 Å². The first-order chi connectivity index (χ1) is 34.4. The minimum Gasteiger partial charge on any atom is -0.456 e. The Morgan fingerprint density at radius 2 is 1.15 bits per heavy atom. The summed E-state index contributed by atoms with van der Waals surface area (Å²) in [5, 5.41) is 2.26. The van der Waals surface area contributed by atoms with Crippen LogP contribution in [0.2, 0.25) is 0 Å². The van der Waals surface area contributed by atoms with Crippen molar-refractivity contribution in [1.29, 1.82) is 0 Å². The van der Waals surface area contributed by atoms with E-state index in [-0.39, 0.29) is 28.5 Å². The number of anilines is 8. The van der Waals surface area contributed by atoms with Gasteiger partial charge in [-0.25, -0.2) is 0 Å². The normalized spacial score (nSPS) is 19.1. The molecule has 1 aliphatic carbocycles. The van der Waals surface area contributed by atoms with Crippen molar-refractivity contribution in [2.24, 2.45) is 0 Å². The predicted octanol–water partition coefficient (Wildman–Crippen LogP) is 16.6. The summed E-state index contributed by atoms with van der Waals surface area (Å²) in [4.78, 5) is 8.03. The average Bonchev–Trinajstić information content (AvgIpc) is 3.83. The molecule has 358 valence electrons. The lowest BCUT2D eigenvalue weighted by molar-refractivity contribution is 0.194. The number of benzene rings is 8. The summed E-state index contributed by atoms with van der Waals surface area (Å²) in [6.45, 7) is 26.1. The fourth-order valence-corrected chi connectivity index (χ4v) is 14.0. The molecule has 4 aliphatic rings. The molecule has 1 saturated carbocycles. The highest BCUT2D eigenvalue weighted by Crippen LogP contribution is 2.62. The van der Waals surface area contributed by atoms with Crippen molar-refractivity contribution >= 4 is 90.5 Å². The van der Waals surface area contributed by atoms with Crippen LogP contribution >= 0.6 is 0 Å². The van der Waals surface area contributed by atoms with Gasteiger partial charge in [-0.05, 0) is 173 Å². The predicted molar refractivity (Wildman–Crippen MR) is 308 cm³/mol. The first-order valence-corrected chi connectivity index (χ1v) is 26.5. The van der Waals surface area contributed by atoms with Gasteiger partial charge in [0, 0.05) is 50.5 Å². The Morgan fingerprint density at radius 1 is 0.514 bits per heavy atom. The fourth-order valence-electron chi connectivity index (χ4n) is 14.0. The Kier molecular flexibility index (Phi) is 9.68. The highest BCUT2D eigenvalue weighted by Gasteiger charge is 2.58. The van der Waals surface area contributed by atoms with Crippen LogP contribution in [0.1, 0.15) is 114 Å². The lowest BCUT2D eigenvalue weighted by Crippen LogP contribution is -2.61. The lowest BCUT2D eigenvalue weighted by atomic mass is 9.33. The third-order valence-electron chi connectivity index (χ3n) is 17.7. The van der Waals surface area contributed by atoms with Crippen molar-refractivity contribution < 1.29 is 4.42 Å². The number of rotatable bonds is 4. The quantitative estimate of drug-likeness (QED) is 0.164. The standard InChI is InChI=1S/C67H66BN3O/c1-41-34-43(3)62-56(35-41)71(67(11)33-18-17-32-66(62,67)10)47-28-29-50-55(40-47)69(52-30-26-45(64(4,5)6)38-49(52)44-20-13-12-14-21-44)57-36-42(2)37-58-63(57)68(50)51-39-46(65(7,8)9)27-31-53(51)70(58)54-23-19-25-60-61(54)48-22-15-16-24-59(48)72-60/h12-16,19-31,34-40H,17-18,32-33H2,1-11H3. The molecule has 0 spiro atoms. The molecule has 0 N–H and O–H groups in total. The van der Waals surface area contributed by atoms with E-state index in [1.807, 2.05) is 0 Å². The van der Waals surface area contributed by atoms with E-state index in [2.05, 4.69) is 243 Å². The first-order valence-electron chi connectivity index (χ1n) is 26.5. The molecule has 0 saturated heterocycles. The zero-order valence-electron chi connectivity index (χ0n) is 44.1. The molecule has 3 aliphatic heterocycles. The SMILES string of the molecule is Cc1cc2c3c(c1)N(c1cccc4oc5ccccc5c14)c1ccc(C(C)(C)C)cc1B3c1ccc(N3c4cc(C)cc(C)c4C4(C)CCCCC34C)cc1N2c1ccc(C(C)(C)C)cc1-c1ccccc1. The molecular weight excluding hydrogens is 874 g/mol. The monoisotopic (exact) mass is 940 g/mol. The van der Waals surface area contributed by atoms with Gasteiger partial charge in [0.2, 0.25) is 0 Å². The number of hydrogen-bond acceptors (Lipinski definition) is 4. The number of para-hydroxylation sites is 1. The molecule has 2 unspecified atom stereocenters. The Morgan fingerprint density at radius 3 is 1.90 bits per heavy atom. The summed E-state index contributed by atoms with van der Waals surface area (Å²) in [7, 11) is 0. The Bertz CT molecular complexity index is 3720. The Labute approximate surface area is 427 Å². The van der Waals surface area contributed by atoms with Gasteiger partial charge in [0.25, 0.3) is 6.71 Å². The van der Waals surface area contributed by atoms with Crippen molar-refractivity contribution in [3.63, 3.8) is 0 Å². The van der Waals surface area contributed by atoms with E-state index < -0.39 is 0 Å². The highest BCUT2D eigenvalue weighted by molar-refractivity contribution is 7.00. The molecule has 0 bridgehead atoms. The third-order valence-corrected chi connectivity index (χ3v) is 17.7. The largest absolute Gasteiger partial charge is 0.456 e. The summed E-state index contributed by atoms with van der Waals surface area (Å²) in [6, 6.07) is 58.3. The molecule has 72 heavy (non-hydrogen) atoms. The van der Waals surface area contributed by atoms with Gasteiger partial charge in [-0.2, -0.15) is 0 Å². The van der Waals surface area contributed by atoms with E-state index in [4.69, 9.17) is 4.42 Å². The summed E-state index contributed by atoms with van der Waals surface area (Å²) in [5.41, 5.74) is 26.0. The van der Waals surface area contributed by atoms with Gasteiger partial charge in [-0.1, -0.05) is 146 Å². The minimum absolute atomic E-state index is 0.0220. The van der Waals surface area contributed by atoms with Crippen LogP contribution in [0.15, 0.2) is 156 Å². The van der Waals surface area contributed by atoms with Gasteiger partial charge >= 0.3 is 0 Å². The molecule has 4 heterocycles. The molecule has 5 heteroatoms. The van der Waals surface area contributed by atoms with Crippen molar-refractivity contribution in [2.75, 3.05) is 14.7 Å². The number of furan rings is 1. The van der Waals surface area contributed by atoms with Gasteiger partial charge in [0.1, 0.15) is 11.2 Å². The third kappa shape index (κ3) is 6.37. The van der Waals surface area contributed by atoms with Gasteiger partial charge in [0.05, 0.1) is 22.3 Å². The maximum absolute atomic E-state index is 6.63. The molecule has 0 radical (unpaired) electrons. The second kappa shape index (κ2) is 15.5. The van der Waals surface area contributed by atoms with E-state index in [9.17, 15) is 0 Å². The van der Waals surface area contributed by atoms with Crippen LogP contribution in [0.25, 0.3) is 33.1 Å². The maximum Gasteiger partial charge on any atom is 0.252 e. The number of fused-ring (bicyclic) bond motifs is 10. The first kappa shape index (κ1) is 44.9. The van der Waals surface area contributed by atoms with Crippen LogP contribution in [0.4, 0.5) is 45.5 Å². The average molecular weight is 940 g/mol. The van der Waals surface area contributed by atoms with Gasteiger partial charge in [0.15, 0.2) is 0 Å². The number of nitrogens with zero attached hydrogens (tertiary/aromatic N) is 3. The molecule has 4 nitrogen and oxygen atoms in total. The van der Waals surface area contributed by atoms with Crippen molar-refractivity contribution in [3.8, 4) is 11.1 Å². The van der Waals surface area contributed by atoms with E-state index in [1.54, 1.807) is 0 Å².